The number of rotatable bonds is 7. The number of unbranched alkanes of at least 4 members (excludes halogenated alkanes) is 1. The van der Waals surface area contributed by atoms with Crippen molar-refractivity contribution in [2.75, 3.05) is 10.6 Å². The van der Waals surface area contributed by atoms with E-state index in [1.807, 2.05) is 37.3 Å². The molecule has 2 aromatic rings. The van der Waals surface area contributed by atoms with E-state index in [2.05, 4.69) is 10.6 Å². The molecular formula is C20H22N2O2. The molecule has 0 radical (unpaired) electrons. The van der Waals surface area contributed by atoms with Crippen molar-refractivity contribution in [2.45, 2.75) is 26.2 Å². The van der Waals surface area contributed by atoms with Crippen molar-refractivity contribution in [2.24, 2.45) is 0 Å². The summed E-state index contributed by atoms with van der Waals surface area (Å²) in [6, 6.07) is 16.8. The number of anilines is 2. The molecule has 0 fully saturated rings. The van der Waals surface area contributed by atoms with E-state index in [1.165, 1.54) is 6.08 Å². The summed E-state index contributed by atoms with van der Waals surface area (Å²) in [6.45, 7) is 2.05. The Balaban J connectivity index is 1.92. The molecule has 0 bridgehead atoms. The van der Waals surface area contributed by atoms with Gasteiger partial charge in [0.1, 0.15) is 0 Å². The smallest absolute Gasteiger partial charge is 0.248 e. The molecule has 2 amide bonds. The third-order valence-corrected chi connectivity index (χ3v) is 3.40. The number of hydrogen-bond donors (Lipinski definition) is 2. The van der Waals surface area contributed by atoms with Gasteiger partial charge in [-0.25, -0.2) is 0 Å². The maximum absolute atomic E-state index is 12.0. The molecule has 0 unspecified atom stereocenters. The van der Waals surface area contributed by atoms with E-state index in [1.54, 1.807) is 30.3 Å². The third kappa shape index (κ3) is 6.08. The van der Waals surface area contributed by atoms with Crippen molar-refractivity contribution >= 4 is 29.3 Å². The van der Waals surface area contributed by atoms with E-state index in [-0.39, 0.29) is 11.8 Å². The molecule has 0 saturated heterocycles. The Morgan fingerprint density at radius 3 is 2.38 bits per heavy atom. The summed E-state index contributed by atoms with van der Waals surface area (Å²) >= 11 is 0. The van der Waals surface area contributed by atoms with Crippen LogP contribution in [0.15, 0.2) is 60.7 Å². The highest BCUT2D eigenvalue weighted by atomic mass is 16.2. The van der Waals surface area contributed by atoms with Gasteiger partial charge in [0, 0.05) is 23.9 Å². The van der Waals surface area contributed by atoms with Gasteiger partial charge >= 0.3 is 0 Å². The second-order valence-corrected chi connectivity index (χ2v) is 5.47. The highest BCUT2D eigenvalue weighted by Crippen LogP contribution is 2.16. The molecular weight excluding hydrogens is 300 g/mol. The molecule has 0 aliphatic heterocycles. The molecule has 124 valence electrons. The van der Waals surface area contributed by atoms with Crippen LogP contribution in [-0.2, 0) is 9.59 Å². The molecule has 0 heterocycles. The summed E-state index contributed by atoms with van der Waals surface area (Å²) in [5.41, 5.74) is 2.29. The number of benzene rings is 2. The van der Waals surface area contributed by atoms with Crippen molar-refractivity contribution in [1.82, 2.24) is 0 Å². The lowest BCUT2D eigenvalue weighted by Crippen LogP contribution is -2.12. The van der Waals surface area contributed by atoms with Crippen LogP contribution in [0, 0.1) is 0 Å². The topological polar surface area (TPSA) is 58.2 Å². The van der Waals surface area contributed by atoms with E-state index in [9.17, 15) is 9.59 Å². The Morgan fingerprint density at radius 2 is 1.67 bits per heavy atom. The first kappa shape index (κ1) is 17.5. The van der Waals surface area contributed by atoms with Crippen LogP contribution >= 0.6 is 0 Å². The number of carbonyl (C=O) groups excluding carboxylic acids is 2. The summed E-state index contributed by atoms with van der Waals surface area (Å²) in [6.07, 6.45) is 5.60. The van der Waals surface area contributed by atoms with Gasteiger partial charge in [-0.15, -0.1) is 0 Å². The molecule has 0 aromatic heterocycles. The van der Waals surface area contributed by atoms with Gasteiger partial charge in [-0.2, -0.15) is 0 Å². The lowest BCUT2D eigenvalue weighted by molar-refractivity contribution is -0.116. The summed E-state index contributed by atoms with van der Waals surface area (Å²) in [5.74, 6) is -0.224. The molecule has 2 aromatic carbocycles. The van der Waals surface area contributed by atoms with Crippen molar-refractivity contribution < 1.29 is 9.59 Å². The zero-order valence-corrected chi connectivity index (χ0v) is 13.8. The first-order valence-electron chi connectivity index (χ1n) is 8.11. The molecule has 2 rings (SSSR count). The minimum atomic E-state index is -0.215. The highest BCUT2D eigenvalue weighted by Gasteiger charge is 2.03. The average molecular weight is 322 g/mol. The zero-order valence-electron chi connectivity index (χ0n) is 13.8. The molecule has 0 aliphatic carbocycles. The maximum atomic E-state index is 12.0. The van der Waals surface area contributed by atoms with Gasteiger partial charge in [-0.1, -0.05) is 49.7 Å². The molecule has 0 atom stereocenters. The lowest BCUT2D eigenvalue weighted by Gasteiger charge is -2.07. The fraction of sp³-hybridized carbons (Fsp3) is 0.200. The number of carbonyl (C=O) groups is 2. The first-order valence-corrected chi connectivity index (χ1v) is 8.11. The minimum absolute atomic E-state index is 0.00991. The van der Waals surface area contributed by atoms with Gasteiger partial charge in [-0.05, 0) is 36.3 Å². The van der Waals surface area contributed by atoms with Gasteiger partial charge in [0.15, 0.2) is 0 Å². The van der Waals surface area contributed by atoms with Crippen LogP contribution in [0.5, 0.6) is 0 Å². The van der Waals surface area contributed by atoms with Crippen LogP contribution < -0.4 is 10.6 Å². The normalized spacial score (nSPS) is 10.5. The number of hydrogen-bond acceptors (Lipinski definition) is 2. The van der Waals surface area contributed by atoms with E-state index in [0.717, 1.165) is 18.4 Å². The van der Waals surface area contributed by atoms with Crippen LogP contribution in [0.25, 0.3) is 6.08 Å². The molecule has 24 heavy (non-hydrogen) atoms. The minimum Gasteiger partial charge on any atom is -0.326 e. The van der Waals surface area contributed by atoms with Crippen molar-refractivity contribution in [3.8, 4) is 0 Å². The maximum Gasteiger partial charge on any atom is 0.248 e. The molecule has 4 nitrogen and oxygen atoms in total. The Labute approximate surface area is 142 Å². The van der Waals surface area contributed by atoms with Crippen LogP contribution in [0.4, 0.5) is 11.4 Å². The van der Waals surface area contributed by atoms with Gasteiger partial charge < -0.3 is 10.6 Å². The van der Waals surface area contributed by atoms with Gasteiger partial charge in [0.2, 0.25) is 11.8 Å². The van der Waals surface area contributed by atoms with Crippen LogP contribution in [0.2, 0.25) is 0 Å². The van der Waals surface area contributed by atoms with E-state index >= 15 is 0 Å². The Bertz CT molecular complexity index is 709. The zero-order chi connectivity index (χ0) is 17.2. The highest BCUT2D eigenvalue weighted by molar-refractivity contribution is 6.02. The SMILES string of the molecule is CCCCC(=O)Nc1cccc(NC(=O)/C=C/c2ccccc2)c1. The second-order valence-electron chi connectivity index (χ2n) is 5.47. The largest absolute Gasteiger partial charge is 0.326 e. The van der Waals surface area contributed by atoms with Gasteiger partial charge in [0.05, 0.1) is 0 Å². The number of amides is 2. The van der Waals surface area contributed by atoms with Crippen molar-refractivity contribution in [1.29, 1.82) is 0 Å². The fourth-order valence-corrected chi connectivity index (χ4v) is 2.16. The van der Waals surface area contributed by atoms with Crippen LogP contribution in [0.1, 0.15) is 31.7 Å². The predicted octanol–water partition coefficient (Wildman–Crippen LogP) is 4.47. The standard InChI is InChI=1S/C20H22N2O2/c1-2-3-12-19(23)21-17-10-7-11-18(15-17)22-20(24)14-13-16-8-5-4-6-9-16/h4-11,13-15H,2-3,12H2,1H3,(H,21,23)(H,22,24)/b14-13+. The fourth-order valence-electron chi connectivity index (χ4n) is 2.16. The Morgan fingerprint density at radius 1 is 0.958 bits per heavy atom. The van der Waals surface area contributed by atoms with Gasteiger partial charge in [0.25, 0.3) is 0 Å². The molecule has 4 heteroatoms. The average Bonchev–Trinajstić information content (AvgIpc) is 2.59. The quantitative estimate of drug-likeness (QED) is 0.739. The summed E-state index contributed by atoms with van der Waals surface area (Å²) in [4.78, 5) is 23.7. The van der Waals surface area contributed by atoms with Crippen molar-refractivity contribution in [3.05, 3.63) is 66.2 Å². The van der Waals surface area contributed by atoms with Crippen molar-refractivity contribution in [3.63, 3.8) is 0 Å². The molecule has 0 saturated carbocycles. The van der Waals surface area contributed by atoms with E-state index in [0.29, 0.717) is 17.8 Å². The summed E-state index contributed by atoms with van der Waals surface area (Å²) in [5, 5.41) is 5.63. The molecule has 2 N–H and O–H groups in total. The van der Waals surface area contributed by atoms with Gasteiger partial charge in [-0.3, -0.25) is 9.59 Å². The number of nitrogens with one attached hydrogen (secondary N) is 2. The second kappa shape index (κ2) is 9.30. The van der Waals surface area contributed by atoms with E-state index < -0.39 is 0 Å². The van der Waals surface area contributed by atoms with Crippen LogP contribution in [0.3, 0.4) is 0 Å². The predicted molar refractivity (Wildman–Crippen MR) is 98.7 cm³/mol. The summed E-state index contributed by atoms with van der Waals surface area (Å²) < 4.78 is 0. The first-order chi connectivity index (χ1) is 11.7. The third-order valence-electron chi connectivity index (χ3n) is 3.40. The molecule has 0 spiro atoms. The molecule has 0 aliphatic rings. The van der Waals surface area contributed by atoms with Crippen LogP contribution in [-0.4, -0.2) is 11.8 Å². The Kier molecular flexibility index (Phi) is 6.77. The monoisotopic (exact) mass is 322 g/mol. The Hall–Kier alpha value is -2.88. The summed E-state index contributed by atoms with van der Waals surface area (Å²) in [7, 11) is 0. The van der Waals surface area contributed by atoms with E-state index in [4.69, 9.17) is 0 Å². The lowest BCUT2D eigenvalue weighted by atomic mass is 10.2.